The van der Waals surface area contributed by atoms with E-state index in [4.69, 9.17) is 5.73 Å². The number of aromatic nitrogens is 1. The van der Waals surface area contributed by atoms with Crippen LogP contribution in [0.4, 0.5) is 13.2 Å². The van der Waals surface area contributed by atoms with Crippen molar-refractivity contribution in [2.24, 2.45) is 5.73 Å². The van der Waals surface area contributed by atoms with Crippen LogP contribution in [0.25, 0.3) is 16.7 Å². The number of hydrogen-bond donors (Lipinski definition) is 3. The van der Waals surface area contributed by atoms with Gasteiger partial charge >= 0.3 is 6.18 Å². The molecule has 36 heavy (non-hydrogen) atoms. The maximum Gasteiger partial charge on any atom is 0.416 e. The Kier molecular flexibility index (Phi) is 6.59. The summed E-state index contributed by atoms with van der Waals surface area (Å²) in [5.41, 5.74) is 12.3. The molecule has 1 fully saturated rings. The number of nitrogens with zero attached hydrogens (tertiary/aromatic N) is 2. The Morgan fingerprint density at radius 3 is 2.67 bits per heavy atom. The molecule has 0 unspecified atom stereocenters. The van der Waals surface area contributed by atoms with Gasteiger partial charge < -0.3 is 16.5 Å². The molecule has 6 nitrogen and oxygen atoms in total. The van der Waals surface area contributed by atoms with Crippen LogP contribution in [-0.4, -0.2) is 28.5 Å². The van der Waals surface area contributed by atoms with Gasteiger partial charge in [-0.05, 0) is 54.2 Å². The van der Waals surface area contributed by atoms with Crippen LogP contribution in [0.3, 0.4) is 0 Å². The SMILES string of the molecule is C[C@@H](NC(=O)c1csc(C2=CNN(C3CC3)C2)n1)c1ccc(-c2cc(C(F)(F)F)ccc2CN)cc1. The molecule has 1 amide bonds. The highest BCUT2D eigenvalue weighted by Crippen LogP contribution is 2.35. The average molecular weight is 514 g/mol. The van der Waals surface area contributed by atoms with Crippen molar-refractivity contribution >= 4 is 22.8 Å². The number of halogens is 3. The fourth-order valence-corrected chi connectivity index (χ4v) is 5.02. The molecule has 1 aliphatic heterocycles. The second-order valence-electron chi connectivity index (χ2n) is 9.09. The normalized spacial score (nSPS) is 17.0. The minimum atomic E-state index is -4.43. The molecule has 0 spiro atoms. The quantitative estimate of drug-likeness (QED) is 0.409. The molecule has 3 aromatic rings. The number of hydrogen-bond acceptors (Lipinski definition) is 6. The van der Waals surface area contributed by atoms with E-state index in [1.165, 1.54) is 30.2 Å². The van der Waals surface area contributed by atoms with Crippen LogP contribution in [0.2, 0.25) is 0 Å². The van der Waals surface area contributed by atoms with Crippen LogP contribution in [0.15, 0.2) is 54.0 Å². The Morgan fingerprint density at radius 1 is 1.25 bits per heavy atom. The van der Waals surface area contributed by atoms with Crippen LogP contribution in [0.1, 0.15) is 58.0 Å². The Morgan fingerprint density at radius 2 is 2.00 bits per heavy atom. The number of hydrazine groups is 1. The smallest absolute Gasteiger partial charge is 0.344 e. The van der Waals surface area contributed by atoms with E-state index >= 15 is 0 Å². The summed E-state index contributed by atoms with van der Waals surface area (Å²) in [6, 6.07) is 11.0. The Labute approximate surface area is 211 Å². The third-order valence-corrected chi connectivity index (χ3v) is 7.39. The summed E-state index contributed by atoms with van der Waals surface area (Å²) in [5.74, 6) is -0.275. The molecule has 4 N–H and O–H groups in total. The number of benzene rings is 2. The van der Waals surface area contributed by atoms with Crippen molar-refractivity contribution in [1.82, 2.24) is 20.7 Å². The molecule has 5 rings (SSSR count). The first-order valence-corrected chi connectivity index (χ1v) is 12.6. The van der Waals surface area contributed by atoms with Crippen molar-refractivity contribution in [2.45, 2.75) is 44.6 Å². The molecule has 0 saturated heterocycles. The molecule has 1 aromatic heterocycles. The lowest BCUT2D eigenvalue weighted by atomic mass is 9.95. The van der Waals surface area contributed by atoms with Gasteiger partial charge in [0.15, 0.2) is 0 Å². The molecular weight excluding hydrogens is 487 g/mol. The highest BCUT2D eigenvalue weighted by molar-refractivity contribution is 7.11. The van der Waals surface area contributed by atoms with Crippen molar-refractivity contribution in [3.8, 4) is 11.1 Å². The lowest BCUT2D eigenvalue weighted by molar-refractivity contribution is -0.137. The second-order valence-corrected chi connectivity index (χ2v) is 9.94. The van der Waals surface area contributed by atoms with E-state index < -0.39 is 11.7 Å². The van der Waals surface area contributed by atoms with E-state index in [1.54, 1.807) is 29.6 Å². The number of amides is 1. The average Bonchev–Trinajstić information content (AvgIpc) is 3.38. The van der Waals surface area contributed by atoms with Crippen molar-refractivity contribution in [3.05, 3.63) is 81.4 Å². The Balaban J connectivity index is 1.25. The minimum absolute atomic E-state index is 0.128. The largest absolute Gasteiger partial charge is 0.416 e. The summed E-state index contributed by atoms with van der Waals surface area (Å²) in [5, 5.41) is 7.72. The fraction of sp³-hybridized carbons (Fsp3) is 0.308. The predicted molar refractivity (Wildman–Crippen MR) is 134 cm³/mol. The summed E-state index contributed by atoms with van der Waals surface area (Å²) in [6.45, 7) is 2.76. The number of nitrogens with two attached hydrogens (primary N) is 1. The maximum atomic E-state index is 13.2. The van der Waals surface area contributed by atoms with Crippen LogP contribution in [0.5, 0.6) is 0 Å². The van der Waals surface area contributed by atoms with E-state index in [2.05, 4.69) is 20.7 Å². The number of thiazole rings is 1. The topological polar surface area (TPSA) is 83.3 Å². The van der Waals surface area contributed by atoms with Gasteiger partial charge in [-0.15, -0.1) is 11.3 Å². The van der Waals surface area contributed by atoms with E-state index in [9.17, 15) is 18.0 Å². The first kappa shape index (κ1) is 24.5. The molecular formula is C26H26F3N5OS. The number of carbonyl (C=O) groups excluding carboxylic acids is 1. The number of alkyl halides is 3. The number of carbonyl (C=O) groups is 1. The second kappa shape index (κ2) is 9.68. The number of rotatable bonds is 7. The van der Waals surface area contributed by atoms with Crippen LogP contribution >= 0.6 is 11.3 Å². The fourth-order valence-electron chi connectivity index (χ4n) is 4.22. The third-order valence-electron chi connectivity index (χ3n) is 6.47. The van der Waals surface area contributed by atoms with Crippen molar-refractivity contribution < 1.29 is 18.0 Å². The lowest BCUT2D eigenvalue weighted by Gasteiger charge is -2.16. The zero-order chi connectivity index (χ0) is 25.4. The van der Waals surface area contributed by atoms with Crippen LogP contribution in [0, 0.1) is 0 Å². The third kappa shape index (κ3) is 5.16. The zero-order valence-corrected chi connectivity index (χ0v) is 20.4. The highest BCUT2D eigenvalue weighted by Gasteiger charge is 2.33. The maximum absolute atomic E-state index is 13.2. The van der Waals surface area contributed by atoms with Gasteiger partial charge in [0.1, 0.15) is 10.7 Å². The van der Waals surface area contributed by atoms with E-state index in [1.807, 2.05) is 13.1 Å². The molecule has 2 aromatic carbocycles. The van der Waals surface area contributed by atoms with Gasteiger partial charge in [-0.2, -0.15) is 13.2 Å². The predicted octanol–water partition coefficient (Wildman–Crippen LogP) is 5.10. The molecule has 188 valence electrons. The first-order valence-electron chi connectivity index (χ1n) is 11.7. The molecule has 0 radical (unpaired) electrons. The summed E-state index contributed by atoms with van der Waals surface area (Å²) in [7, 11) is 0. The summed E-state index contributed by atoms with van der Waals surface area (Å²) in [4.78, 5) is 17.3. The zero-order valence-electron chi connectivity index (χ0n) is 19.6. The summed E-state index contributed by atoms with van der Waals surface area (Å²) in [6.07, 6.45) is -0.0830. The molecule has 1 aliphatic carbocycles. The van der Waals surface area contributed by atoms with Gasteiger partial charge in [0.25, 0.3) is 5.91 Å². The summed E-state index contributed by atoms with van der Waals surface area (Å²) >= 11 is 1.44. The Hall–Kier alpha value is -3.21. The van der Waals surface area contributed by atoms with Crippen molar-refractivity contribution in [3.63, 3.8) is 0 Å². The van der Waals surface area contributed by atoms with Crippen molar-refractivity contribution in [2.75, 3.05) is 6.54 Å². The van der Waals surface area contributed by atoms with Crippen molar-refractivity contribution in [1.29, 1.82) is 0 Å². The van der Waals surface area contributed by atoms with E-state index in [-0.39, 0.29) is 18.5 Å². The molecule has 2 aliphatic rings. The first-order chi connectivity index (χ1) is 17.2. The monoisotopic (exact) mass is 513 g/mol. The Bertz CT molecular complexity index is 1300. The lowest BCUT2D eigenvalue weighted by Crippen LogP contribution is -2.32. The minimum Gasteiger partial charge on any atom is -0.344 e. The highest BCUT2D eigenvalue weighted by atomic mass is 32.1. The van der Waals surface area contributed by atoms with Gasteiger partial charge in [-0.1, -0.05) is 30.3 Å². The molecule has 1 saturated carbocycles. The summed E-state index contributed by atoms with van der Waals surface area (Å²) < 4.78 is 39.6. The van der Waals surface area contributed by atoms with Gasteiger partial charge in [-0.25, -0.2) is 9.99 Å². The molecule has 1 atom stereocenters. The standard InChI is InChI=1S/C26H26F3N5OS/c1-15(32-24(35)23-14-36-25(33-23)19-12-31-34(13-19)21-8-9-21)16-2-4-17(5-3-16)22-10-20(26(27,28)29)7-6-18(22)11-30/h2-7,10,12,14-15,21,31H,8-9,11,13,30H2,1H3,(H,32,35)/t15-/m1/s1. The van der Waals surface area contributed by atoms with E-state index in [0.717, 1.165) is 34.8 Å². The number of nitrogens with one attached hydrogen (secondary N) is 2. The van der Waals surface area contributed by atoms with Crippen LogP contribution < -0.4 is 16.5 Å². The van der Waals surface area contributed by atoms with Gasteiger partial charge in [-0.3, -0.25) is 4.79 Å². The van der Waals surface area contributed by atoms with Crippen LogP contribution in [-0.2, 0) is 12.7 Å². The van der Waals surface area contributed by atoms with Gasteiger partial charge in [0.05, 0.1) is 11.6 Å². The van der Waals surface area contributed by atoms with E-state index in [0.29, 0.717) is 28.4 Å². The molecule has 10 heteroatoms. The molecule has 0 bridgehead atoms. The molecule has 2 heterocycles. The van der Waals surface area contributed by atoms with Gasteiger partial charge in [0, 0.05) is 36.3 Å². The van der Waals surface area contributed by atoms with Gasteiger partial charge in [0.2, 0.25) is 0 Å².